The quantitative estimate of drug-likeness (QED) is 0.783. The van der Waals surface area contributed by atoms with E-state index in [0.717, 1.165) is 16.9 Å². The Morgan fingerprint density at radius 2 is 2.06 bits per heavy atom. The van der Waals surface area contributed by atoms with Crippen LogP contribution in [0.15, 0.2) is 23.7 Å². The Balaban J connectivity index is 2.02. The van der Waals surface area contributed by atoms with Gasteiger partial charge in [0.1, 0.15) is 6.61 Å². The number of halogens is 3. The second kappa shape index (κ2) is 5.89. The highest BCUT2D eigenvalue weighted by atomic mass is 35.5. The number of ether oxygens (including phenoxy) is 1. The molecule has 0 amide bonds. The van der Waals surface area contributed by atoms with Gasteiger partial charge in [-0.25, -0.2) is 9.78 Å². The summed E-state index contributed by atoms with van der Waals surface area (Å²) in [7, 11) is 0. The van der Waals surface area contributed by atoms with Crippen molar-refractivity contribution < 1.29 is 9.53 Å². The van der Waals surface area contributed by atoms with E-state index in [1.54, 1.807) is 18.2 Å². The fourth-order valence-corrected chi connectivity index (χ4v) is 2.42. The van der Waals surface area contributed by atoms with Gasteiger partial charge in [-0.1, -0.05) is 40.9 Å². The van der Waals surface area contributed by atoms with Crippen LogP contribution in [-0.2, 0) is 11.3 Å². The van der Waals surface area contributed by atoms with Crippen LogP contribution in [0.5, 0.6) is 0 Å². The molecule has 94 valence electrons. The second-order valence-electron chi connectivity index (χ2n) is 3.30. The predicted molar refractivity (Wildman–Crippen MR) is 72.7 cm³/mol. The van der Waals surface area contributed by atoms with Crippen molar-refractivity contribution in [1.29, 1.82) is 0 Å². The average molecular weight is 323 g/mol. The van der Waals surface area contributed by atoms with Gasteiger partial charge >= 0.3 is 5.97 Å². The maximum absolute atomic E-state index is 11.7. The first-order valence-corrected chi connectivity index (χ1v) is 6.79. The number of esters is 1. The maximum Gasteiger partial charge on any atom is 0.351 e. The summed E-state index contributed by atoms with van der Waals surface area (Å²) in [5.41, 5.74) is 2.23. The zero-order chi connectivity index (χ0) is 13.1. The molecule has 0 atom stereocenters. The monoisotopic (exact) mass is 321 g/mol. The molecular weight excluding hydrogens is 317 g/mol. The summed E-state index contributed by atoms with van der Waals surface area (Å²) in [5.74, 6) is -0.506. The van der Waals surface area contributed by atoms with Crippen LogP contribution < -0.4 is 0 Å². The normalized spacial score (nSPS) is 10.4. The van der Waals surface area contributed by atoms with Crippen molar-refractivity contribution in [1.82, 2.24) is 4.98 Å². The number of thiazole rings is 1. The van der Waals surface area contributed by atoms with Gasteiger partial charge < -0.3 is 4.74 Å². The topological polar surface area (TPSA) is 39.2 Å². The van der Waals surface area contributed by atoms with E-state index in [-0.39, 0.29) is 16.6 Å². The third-order valence-corrected chi connectivity index (χ3v) is 4.01. The van der Waals surface area contributed by atoms with Gasteiger partial charge in [0.2, 0.25) is 0 Å². The highest BCUT2D eigenvalue weighted by Crippen LogP contribution is 2.24. The average Bonchev–Trinajstić information content (AvgIpc) is 2.77. The fraction of sp³-hybridized carbons (Fsp3) is 0.0909. The van der Waals surface area contributed by atoms with Crippen LogP contribution in [0.4, 0.5) is 0 Å². The molecule has 2 aromatic rings. The first-order valence-electron chi connectivity index (χ1n) is 4.78. The van der Waals surface area contributed by atoms with Gasteiger partial charge in [0.25, 0.3) is 0 Å². The molecule has 2 rings (SSSR count). The Bertz CT molecular complexity index is 585. The molecule has 0 fully saturated rings. The van der Waals surface area contributed by atoms with Crippen LogP contribution in [0.3, 0.4) is 0 Å². The van der Waals surface area contributed by atoms with E-state index in [0.29, 0.717) is 10.0 Å². The Morgan fingerprint density at radius 3 is 2.67 bits per heavy atom. The lowest BCUT2D eigenvalue weighted by Gasteiger charge is -2.04. The minimum absolute atomic E-state index is 0.101. The zero-order valence-corrected chi connectivity index (χ0v) is 11.9. The van der Waals surface area contributed by atoms with Gasteiger partial charge in [-0.15, -0.1) is 11.3 Å². The third kappa shape index (κ3) is 3.14. The van der Waals surface area contributed by atoms with E-state index >= 15 is 0 Å². The van der Waals surface area contributed by atoms with Crippen LogP contribution in [0.1, 0.15) is 15.2 Å². The van der Waals surface area contributed by atoms with Crippen LogP contribution in [0, 0.1) is 0 Å². The molecule has 18 heavy (non-hydrogen) atoms. The van der Waals surface area contributed by atoms with Crippen molar-refractivity contribution >= 4 is 52.1 Å². The molecule has 7 heteroatoms. The number of aromatic nitrogens is 1. The third-order valence-electron chi connectivity index (χ3n) is 2.06. The summed E-state index contributed by atoms with van der Waals surface area (Å²) >= 11 is 18.5. The Hall–Kier alpha value is -0.810. The van der Waals surface area contributed by atoms with E-state index in [1.165, 1.54) is 5.51 Å². The van der Waals surface area contributed by atoms with Gasteiger partial charge in [-0.05, 0) is 17.7 Å². The van der Waals surface area contributed by atoms with Crippen LogP contribution in [0.2, 0.25) is 15.2 Å². The molecule has 0 unspecified atom stereocenters. The zero-order valence-electron chi connectivity index (χ0n) is 8.82. The number of nitrogens with zero attached hydrogens (tertiary/aromatic N) is 1. The lowest BCUT2D eigenvalue weighted by Crippen LogP contribution is -2.03. The molecule has 1 heterocycles. The molecule has 0 aliphatic rings. The molecule has 0 aliphatic heterocycles. The molecule has 0 saturated carbocycles. The van der Waals surface area contributed by atoms with Crippen molar-refractivity contribution in [2.45, 2.75) is 6.61 Å². The molecule has 0 saturated heterocycles. The molecular formula is C11H6Cl3NO2S. The number of hydrogen-bond donors (Lipinski definition) is 0. The Kier molecular flexibility index (Phi) is 4.45. The molecule has 0 aliphatic carbocycles. The summed E-state index contributed by atoms with van der Waals surface area (Å²) < 4.78 is 5.09. The molecule has 1 aromatic carbocycles. The van der Waals surface area contributed by atoms with E-state index in [2.05, 4.69) is 4.98 Å². The standard InChI is InChI=1S/C11H6Cl3NO2S/c12-7-2-1-6(3-8(7)13)4-17-11(16)9-10(14)15-5-18-9/h1-3,5H,4H2. The van der Waals surface area contributed by atoms with Gasteiger partial charge in [-0.2, -0.15) is 0 Å². The first kappa shape index (κ1) is 13.6. The van der Waals surface area contributed by atoms with E-state index in [1.807, 2.05) is 0 Å². The highest BCUT2D eigenvalue weighted by molar-refractivity contribution is 7.12. The maximum atomic E-state index is 11.7. The summed E-state index contributed by atoms with van der Waals surface area (Å²) in [6, 6.07) is 5.02. The van der Waals surface area contributed by atoms with Crippen molar-refractivity contribution in [2.24, 2.45) is 0 Å². The van der Waals surface area contributed by atoms with E-state index < -0.39 is 5.97 Å². The predicted octanol–water partition coefficient (Wildman–Crippen LogP) is 4.46. The number of rotatable bonds is 3. The SMILES string of the molecule is O=C(OCc1ccc(Cl)c(Cl)c1)c1scnc1Cl. The highest BCUT2D eigenvalue weighted by Gasteiger charge is 2.14. The summed E-state index contributed by atoms with van der Waals surface area (Å²) in [4.78, 5) is 15.7. The molecule has 0 N–H and O–H groups in total. The lowest BCUT2D eigenvalue weighted by atomic mass is 10.2. The molecule has 0 bridgehead atoms. The second-order valence-corrected chi connectivity index (χ2v) is 5.32. The molecule has 3 nitrogen and oxygen atoms in total. The molecule has 0 radical (unpaired) electrons. The lowest BCUT2D eigenvalue weighted by molar-refractivity contribution is 0.0478. The first-order chi connectivity index (χ1) is 8.58. The van der Waals surface area contributed by atoms with Crippen molar-refractivity contribution in [2.75, 3.05) is 0 Å². The number of carbonyl (C=O) groups is 1. The number of carbonyl (C=O) groups excluding carboxylic acids is 1. The van der Waals surface area contributed by atoms with Crippen LogP contribution in [-0.4, -0.2) is 11.0 Å². The van der Waals surface area contributed by atoms with Gasteiger partial charge in [-0.3, -0.25) is 0 Å². The molecule has 0 spiro atoms. The number of benzene rings is 1. The summed E-state index contributed by atoms with van der Waals surface area (Å²) in [6.45, 7) is 0.101. The van der Waals surface area contributed by atoms with Crippen molar-refractivity contribution in [3.8, 4) is 0 Å². The Labute approximate surface area is 122 Å². The number of hydrogen-bond acceptors (Lipinski definition) is 4. The largest absolute Gasteiger partial charge is 0.457 e. The minimum Gasteiger partial charge on any atom is -0.457 e. The van der Waals surface area contributed by atoms with E-state index in [4.69, 9.17) is 39.5 Å². The summed E-state index contributed by atoms with van der Waals surface area (Å²) in [6.07, 6.45) is 0. The molecule has 1 aromatic heterocycles. The van der Waals surface area contributed by atoms with Gasteiger partial charge in [0.05, 0.1) is 15.6 Å². The van der Waals surface area contributed by atoms with Gasteiger partial charge in [0.15, 0.2) is 10.0 Å². The minimum atomic E-state index is -0.506. The van der Waals surface area contributed by atoms with E-state index in [9.17, 15) is 4.79 Å². The smallest absolute Gasteiger partial charge is 0.351 e. The van der Waals surface area contributed by atoms with Gasteiger partial charge in [0, 0.05) is 0 Å². The van der Waals surface area contributed by atoms with Crippen LogP contribution in [0.25, 0.3) is 0 Å². The Morgan fingerprint density at radius 1 is 1.28 bits per heavy atom. The summed E-state index contributed by atoms with van der Waals surface area (Å²) in [5, 5.41) is 1.03. The fourth-order valence-electron chi connectivity index (χ4n) is 1.21. The van der Waals surface area contributed by atoms with Crippen LogP contribution >= 0.6 is 46.1 Å². The van der Waals surface area contributed by atoms with Crippen molar-refractivity contribution in [3.63, 3.8) is 0 Å². The van der Waals surface area contributed by atoms with Crippen molar-refractivity contribution in [3.05, 3.63) is 49.3 Å².